The second kappa shape index (κ2) is 4.13. The average Bonchev–Trinajstić information content (AvgIpc) is 2.77. The summed E-state index contributed by atoms with van der Waals surface area (Å²) in [6.07, 6.45) is 0.737. The number of carbonyl (C=O) groups is 1. The number of hydrogen-bond donors (Lipinski definition) is 2. The molecule has 0 atom stereocenters. The molecule has 2 aromatic carbocycles. The first-order valence-electron chi connectivity index (χ1n) is 5.68. The summed E-state index contributed by atoms with van der Waals surface area (Å²) in [6, 6.07) is 11.0. The van der Waals surface area contributed by atoms with Gasteiger partial charge in [0.25, 0.3) is 6.01 Å². The third kappa shape index (κ3) is 1.91. The molecule has 0 aliphatic rings. The molecule has 0 amide bonds. The largest absolute Gasteiger partial charge is 0.424 e. The number of aromatic nitrogens is 1. The molecule has 0 radical (unpaired) electrons. The second-order valence-corrected chi connectivity index (χ2v) is 4.20. The normalized spacial score (nSPS) is 10.7. The minimum Gasteiger partial charge on any atom is -0.424 e. The van der Waals surface area contributed by atoms with Crippen molar-refractivity contribution in [2.45, 2.75) is 0 Å². The fourth-order valence-electron chi connectivity index (χ4n) is 1.99. The van der Waals surface area contributed by atoms with E-state index in [9.17, 15) is 4.79 Å². The van der Waals surface area contributed by atoms with E-state index in [1.807, 2.05) is 18.2 Å². The molecule has 0 saturated carbocycles. The summed E-state index contributed by atoms with van der Waals surface area (Å²) in [5.41, 5.74) is 15.4. The summed E-state index contributed by atoms with van der Waals surface area (Å²) in [4.78, 5) is 14.8. The van der Waals surface area contributed by atoms with Crippen molar-refractivity contribution >= 4 is 29.1 Å². The summed E-state index contributed by atoms with van der Waals surface area (Å²) in [5, 5.41) is 0. The van der Waals surface area contributed by atoms with Crippen LogP contribution in [0.4, 0.5) is 11.7 Å². The van der Waals surface area contributed by atoms with E-state index >= 15 is 0 Å². The van der Waals surface area contributed by atoms with E-state index in [1.54, 1.807) is 18.2 Å². The van der Waals surface area contributed by atoms with E-state index in [4.69, 9.17) is 15.9 Å². The molecule has 3 aromatic rings. The third-order valence-electron chi connectivity index (χ3n) is 2.95. The highest BCUT2D eigenvalue weighted by molar-refractivity contribution is 5.87. The zero-order chi connectivity index (χ0) is 13.4. The van der Waals surface area contributed by atoms with Crippen LogP contribution in [0.2, 0.25) is 0 Å². The highest BCUT2D eigenvalue weighted by atomic mass is 16.4. The Kier molecular flexibility index (Phi) is 2.45. The van der Waals surface area contributed by atoms with Crippen LogP contribution in [0.5, 0.6) is 0 Å². The first kappa shape index (κ1) is 11.3. The van der Waals surface area contributed by atoms with Gasteiger partial charge in [-0.2, -0.15) is 4.98 Å². The van der Waals surface area contributed by atoms with Crippen molar-refractivity contribution in [1.29, 1.82) is 0 Å². The van der Waals surface area contributed by atoms with Crippen molar-refractivity contribution < 1.29 is 9.21 Å². The number of carbonyl (C=O) groups excluding carboxylic acids is 1. The Morgan fingerprint density at radius 1 is 1.05 bits per heavy atom. The number of nitrogens with two attached hydrogens (primary N) is 2. The van der Waals surface area contributed by atoms with Gasteiger partial charge in [0.05, 0.1) is 0 Å². The quantitative estimate of drug-likeness (QED) is 0.540. The molecule has 0 aliphatic carbocycles. The molecule has 5 nitrogen and oxygen atoms in total. The Bertz CT molecular complexity index is 777. The minimum absolute atomic E-state index is 0.142. The van der Waals surface area contributed by atoms with Gasteiger partial charge in [-0.3, -0.25) is 4.79 Å². The minimum atomic E-state index is 0.142. The molecule has 1 heterocycles. The highest BCUT2D eigenvalue weighted by Crippen LogP contribution is 2.27. The van der Waals surface area contributed by atoms with Crippen LogP contribution in [-0.4, -0.2) is 11.3 Å². The van der Waals surface area contributed by atoms with Crippen LogP contribution in [0, 0.1) is 0 Å². The lowest BCUT2D eigenvalue weighted by Crippen LogP contribution is -1.93. The van der Waals surface area contributed by atoms with Gasteiger partial charge in [0.2, 0.25) is 0 Å². The fraction of sp³-hybridized carbons (Fsp3) is 0. The zero-order valence-electron chi connectivity index (χ0n) is 9.96. The lowest BCUT2D eigenvalue weighted by Gasteiger charge is -2.04. The van der Waals surface area contributed by atoms with Gasteiger partial charge in [0.1, 0.15) is 5.52 Å². The summed E-state index contributed by atoms with van der Waals surface area (Å²) < 4.78 is 5.21. The number of anilines is 2. The van der Waals surface area contributed by atoms with Gasteiger partial charge < -0.3 is 15.9 Å². The molecule has 3 rings (SSSR count). The molecule has 0 aliphatic heterocycles. The Labute approximate surface area is 108 Å². The van der Waals surface area contributed by atoms with E-state index in [0.29, 0.717) is 22.4 Å². The predicted octanol–water partition coefficient (Wildman–Crippen LogP) is 2.47. The maximum atomic E-state index is 10.7. The SMILES string of the molecule is Nc1nc2cc(-c3ccc(C=O)c(N)c3)ccc2o1. The van der Waals surface area contributed by atoms with Crippen molar-refractivity contribution in [3.63, 3.8) is 0 Å². The number of rotatable bonds is 2. The van der Waals surface area contributed by atoms with Gasteiger partial charge in [-0.15, -0.1) is 0 Å². The van der Waals surface area contributed by atoms with Gasteiger partial charge in [0, 0.05) is 11.3 Å². The van der Waals surface area contributed by atoms with Crippen LogP contribution in [0.15, 0.2) is 40.8 Å². The number of hydrogen-bond acceptors (Lipinski definition) is 5. The first-order chi connectivity index (χ1) is 9.17. The third-order valence-corrected chi connectivity index (χ3v) is 2.95. The average molecular weight is 253 g/mol. The number of fused-ring (bicyclic) bond motifs is 1. The molecular weight excluding hydrogens is 242 g/mol. The van der Waals surface area contributed by atoms with Crippen LogP contribution in [0.25, 0.3) is 22.2 Å². The van der Waals surface area contributed by atoms with Crippen LogP contribution >= 0.6 is 0 Å². The fourth-order valence-corrected chi connectivity index (χ4v) is 1.99. The van der Waals surface area contributed by atoms with E-state index in [0.717, 1.165) is 17.4 Å². The van der Waals surface area contributed by atoms with Gasteiger partial charge in [-0.25, -0.2) is 0 Å². The van der Waals surface area contributed by atoms with Crippen LogP contribution in [0.3, 0.4) is 0 Å². The van der Waals surface area contributed by atoms with Crippen LogP contribution < -0.4 is 11.5 Å². The van der Waals surface area contributed by atoms with E-state index in [-0.39, 0.29) is 6.01 Å². The Balaban J connectivity index is 2.12. The van der Waals surface area contributed by atoms with Gasteiger partial charge in [-0.1, -0.05) is 12.1 Å². The molecule has 1 aromatic heterocycles. The molecule has 19 heavy (non-hydrogen) atoms. The van der Waals surface area contributed by atoms with Gasteiger partial charge in [0.15, 0.2) is 11.9 Å². The van der Waals surface area contributed by atoms with E-state index in [2.05, 4.69) is 4.98 Å². The summed E-state index contributed by atoms with van der Waals surface area (Å²) in [5.74, 6) is 0. The molecule has 0 saturated heterocycles. The van der Waals surface area contributed by atoms with Crippen molar-refractivity contribution in [2.24, 2.45) is 0 Å². The molecule has 0 fully saturated rings. The zero-order valence-corrected chi connectivity index (χ0v) is 9.96. The van der Waals surface area contributed by atoms with E-state index < -0.39 is 0 Å². The van der Waals surface area contributed by atoms with Gasteiger partial charge >= 0.3 is 0 Å². The molecular formula is C14H11N3O2. The van der Waals surface area contributed by atoms with E-state index in [1.165, 1.54) is 0 Å². The summed E-state index contributed by atoms with van der Waals surface area (Å²) >= 11 is 0. The Morgan fingerprint density at radius 3 is 2.53 bits per heavy atom. The lowest BCUT2D eigenvalue weighted by molar-refractivity contribution is 0.112. The molecule has 0 unspecified atom stereocenters. The van der Waals surface area contributed by atoms with Gasteiger partial charge in [-0.05, 0) is 35.4 Å². The lowest BCUT2D eigenvalue weighted by atomic mass is 10.0. The number of oxazole rings is 1. The smallest absolute Gasteiger partial charge is 0.292 e. The van der Waals surface area contributed by atoms with Crippen molar-refractivity contribution in [2.75, 3.05) is 11.5 Å². The predicted molar refractivity (Wildman–Crippen MR) is 73.7 cm³/mol. The molecule has 0 bridgehead atoms. The van der Waals surface area contributed by atoms with Crippen LogP contribution in [0.1, 0.15) is 10.4 Å². The first-order valence-corrected chi connectivity index (χ1v) is 5.68. The summed E-state index contributed by atoms with van der Waals surface area (Å²) in [7, 11) is 0. The molecule has 5 heteroatoms. The van der Waals surface area contributed by atoms with Crippen molar-refractivity contribution in [1.82, 2.24) is 4.98 Å². The van der Waals surface area contributed by atoms with Crippen molar-refractivity contribution in [3.05, 3.63) is 42.0 Å². The summed E-state index contributed by atoms with van der Waals surface area (Å²) in [6.45, 7) is 0. The highest BCUT2D eigenvalue weighted by Gasteiger charge is 2.06. The number of benzene rings is 2. The van der Waals surface area contributed by atoms with Crippen LogP contribution in [-0.2, 0) is 0 Å². The Hall–Kier alpha value is -2.82. The molecule has 94 valence electrons. The number of aldehydes is 1. The second-order valence-electron chi connectivity index (χ2n) is 4.20. The Morgan fingerprint density at radius 2 is 1.79 bits per heavy atom. The molecule has 4 N–H and O–H groups in total. The maximum Gasteiger partial charge on any atom is 0.292 e. The monoisotopic (exact) mass is 253 g/mol. The number of nitrogens with zero attached hydrogens (tertiary/aromatic N) is 1. The maximum absolute atomic E-state index is 10.7. The number of nitrogen functional groups attached to an aromatic ring is 2. The van der Waals surface area contributed by atoms with Crippen molar-refractivity contribution in [3.8, 4) is 11.1 Å². The molecule has 0 spiro atoms. The standard InChI is InChI=1S/C14H11N3O2/c15-11-5-8(1-2-10(11)7-18)9-3-4-13-12(6-9)17-14(16)19-13/h1-7H,15H2,(H2,16,17). The topological polar surface area (TPSA) is 95.1 Å².